The summed E-state index contributed by atoms with van der Waals surface area (Å²) in [5.41, 5.74) is 1.04. The van der Waals surface area contributed by atoms with Crippen molar-refractivity contribution in [1.82, 2.24) is 9.46 Å². The van der Waals surface area contributed by atoms with Crippen molar-refractivity contribution in [2.45, 2.75) is 25.3 Å². The summed E-state index contributed by atoms with van der Waals surface area (Å²) in [6.07, 6.45) is 0. The molecular weight excluding hydrogens is 410 g/mol. The van der Waals surface area contributed by atoms with Crippen LogP contribution in [0.1, 0.15) is 19.6 Å². The number of aromatic nitrogens is 1. The third-order valence-electron chi connectivity index (χ3n) is 4.47. The number of nitro groups is 1. The number of hydrogen-bond donors (Lipinski definition) is 0. The topological polar surface area (TPSA) is 116 Å². The number of nitro benzene ring substituents is 1. The Balaban J connectivity index is 1.82. The summed E-state index contributed by atoms with van der Waals surface area (Å²) in [6, 6.07) is 14.7. The quantitative estimate of drug-likeness (QED) is 0.373. The van der Waals surface area contributed by atoms with Gasteiger partial charge in [0.05, 0.1) is 9.82 Å². The first-order valence-electron chi connectivity index (χ1n) is 9.29. The third kappa shape index (κ3) is 4.50. The van der Waals surface area contributed by atoms with Gasteiger partial charge in [-0.1, -0.05) is 49.3 Å². The van der Waals surface area contributed by atoms with Gasteiger partial charge in [-0.05, 0) is 12.1 Å². The zero-order chi connectivity index (χ0) is 21.7. The molecule has 1 aromatic heterocycles. The average molecular weight is 431 g/mol. The van der Waals surface area contributed by atoms with Gasteiger partial charge in [0, 0.05) is 30.8 Å². The van der Waals surface area contributed by atoms with Crippen molar-refractivity contribution in [2.75, 3.05) is 13.1 Å². The van der Waals surface area contributed by atoms with Crippen molar-refractivity contribution < 1.29 is 22.6 Å². The molecule has 0 unspecified atom stereocenters. The zero-order valence-electron chi connectivity index (χ0n) is 16.5. The van der Waals surface area contributed by atoms with Crippen LogP contribution in [0.4, 0.5) is 5.69 Å². The van der Waals surface area contributed by atoms with Gasteiger partial charge in [-0.3, -0.25) is 10.1 Å². The molecule has 158 valence electrons. The molecule has 0 saturated heterocycles. The number of rotatable bonds is 9. The Morgan fingerprint density at radius 2 is 1.80 bits per heavy atom. The van der Waals surface area contributed by atoms with Crippen molar-refractivity contribution in [3.63, 3.8) is 0 Å². The Kier molecular flexibility index (Phi) is 6.48. The third-order valence-corrected chi connectivity index (χ3v) is 6.51. The number of benzene rings is 2. The summed E-state index contributed by atoms with van der Waals surface area (Å²) >= 11 is 0. The van der Waals surface area contributed by atoms with Gasteiger partial charge in [-0.25, -0.2) is 8.42 Å². The molecule has 0 aliphatic heterocycles. The lowest BCUT2D eigenvalue weighted by molar-refractivity contribution is -0.386. The standard InChI is InChI=1S/C20H21N3O6S/c1-3-22(4-2)30(26,27)17-10-11-20(19(13-17)23(24)25)28-14-16-12-18(21-29-16)15-8-6-5-7-9-15/h5-13H,3-4,14H2,1-2H3. The molecule has 0 atom stereocenters. The minimum Gasteiger partial charge on any atom is -0.479 e. The van der Waals surface area contributed by atoms with E-state index in [-0.39, 0.29) is 30.3 Å². The van der Waals surface area contributed by atoms with E-state index in [1.807, 2.05) is 30.3 Å². The molecule has 0 aliphatic rings. The van der Waals surface area contributed by atoms with Gasteiger partial charge in [0.25, 0.3) is 0 Å². The molecule has 3 aromatic rings. The molecule has 0 N–H and O–H groups in total. The second-order valence-electron chi connectivity index (χ2n) is 6.31. The molecule has 0 bridgehead atoms. The highest BCUT2D eigenvalue weighted by Crippen LogP contribution is 2.31. The summed E-state index contributed by atoms with van der Waals surface area (Å²) in [5.74, 6) is 0.319. The van der Waals surface area contributed by atoms with E-state index < -0.39 is 20.6 Å². The molecule has 0 radical (unpaired) electrons. The summed E-state index contributed by atoms with van der Waals surface area (Å²) in [7, 11) is -3.82. The Bertz CT molecular complexity index is 1120. The van der Waals surface area contributed by atoms with E-state index in [0.717, 1.165) is 11.6 Å². The van der Waals surface area contributed by atoms with Gasteiger partial charge in [0.2, 0.25) is 10.0 Å². The second kappa shape index (κ2) is 9.06. The number of ether oxygens (including phenoxy) is 1. The van der Waals surface area contributed by atoms with Crippen LogP contribution in [-0.2, 0) is 16.6 Å². The highest BCUT2D eigenvalue weighted by Gasteiger charge is 2.26. The molecule has 9 nitrogen and oxygen atoms in total. The lowest BCUT2D eigenvalue weighted by Crippen LogP contribution is -2.30. The first-order valence-corrected chi connectivity index (χ1v) is 10.7. The van der Waals surface area contributed by atoms with Gasteiger partial charge in [0.15, 0.2) is 11.5 Å². The first-order chi connectivity index (χ1) is 14.4. The van der Waals surface area contributed by atoms with E-state index in [1.54, 1.807) is 19.9 Å². The number of hydrogen-bond acceptors (Lipinski definition) is 7. The number of nitrogens with zero attached hydrogens (tertiary/aromatic N) is 3. The lowest BCUT2D eigenvalue weighted by atomic mass is 10.1. The summed E-state index contributed by atoms with van der Waals surface area (Å²) in [5, 5.41) is 15.5. The molecule has 10 heteroatoms. The van der Waals surface area contributed by atoms with Crippen LogP contribution in [0.15, 0.2) is 64.0 Å². The second-order valence-corrected chi connectivity index (χ2v) is 8.25. The first kappa shape index (κ1) is 21.5. The molecule has 0 fully saturated rings. The molecule has 0 spiro atoms. The summed E-state index contributed by atoms with van der Waals surface area (Å²) < 4.78 is 37.3. The Morgan fingerprint density at radius 1 is 1.10 bits per heavy atom. The van der Waals surface area contributed by atoms with Crippen LogP contribution in [0.25, 0.3) is 11.3 Å². The Labute approximate surface area is 174 Å². The fourth-order valence-electron chi connectivity index (χ4n) is 2.91. The van der Waals surface area contributed by atoms with Crippen LogP contribution in [0.3, 0.4) is 0 Å². The fourth-order valence-corrected chi connectivity index (χ4v) is 4.39. The maximum absolute atomic E-state index is 12.6. The van der Waals surface area contributed by atoms with Crippen molar-refractivity contribution in [1.29, 1.82) is 0 Å². The van der Waals surface area contributed by atoms with E-state index in [9.17, 15) is 18.5 Å². The molecule has 0 saturated carbocycles. The van der Waals surface area contributed by atoms with Crippen LogP contribution >= 0.6 is 0 Å². The van der Waals surface area contributed by atoms with Crippen LogP contribution in [-0.4, -0.2) is 35.9 Å². The molecule has 30 heavy (non-hydrogen) atoms. The van der Waals surface area contributed by atoms with Crippen molar-refractivity contribution in [3.05, 3.63) is 70.5 Å². The SMILES string of the molecule is CCN(CC)S(=O)(=O)c1ccc(OCc2cc(-c3ccccc3)no2)c([N+](=O)[O-])c1. The monoisotopic (exact) mass is 431 g/mol. The van der Waals surface area contributed by atoms with Crippen LogP contribution in [0, 0.1) is 10.1 Å². The smallest absolute Gasteiger partial charge is 0.312 e. The predicted molar refractivity (Wildman–Crippen MR) is 109 cm³/mol. The zero-order valence-corrected chi connectivity index (χ0v) is 17.3. The van der Waals surface area contributed by atoms with Crippen LogP contribution < -0.4 is 4.74 Å². The Hall–Kier alpha value is -3.24. The minimum atomic E-state index is -3.82. The highest BCUT2D eigenvalue weighted by atomic mass is 32.2. The average Bonchev–Trinajstić information content (AvgIpc) is 3.22. The lowest BCUT2D eigenvalue weighted by Gasteiger charge is -2.18. The number of sulfonamides is 1. The molecule has 3 rings (SSSR count). The predicted octanol–water partition coefficient (Wildman–Crippen LogP) is 3.86. The fraction of sp³-hybridized carbons (Fsp3) is 0.250. The van der Waals surface area contributed by atoms with Crippen LogP contribution in [0.5, 0.6) is 5.75 Å². The molecule has 2 aromatic carbocycles. The van der Waals surface area contributed by atoms with Crippen LogP contribution in [0.2, 0.25) is 0 Å². The van der Waals surface area contributed by atoms with E-state index >= 15 is 0 Å². The normalized spacial score (nSPS) is 11.6. The van der Waals surface area contributed by atoms with Crippen molar-refractivity contribution in [2.24, 2.45) is 0 Å². The highest BCUT2D eigenvalue weighted by molar-refractivity contribution is 7.89. The van der Waals surface area contributed by atoms with Gasteiger partial charge >= 0.3 is 5.69 Å². The van der Waals surface area contributed by atoms with Crippen molar-refractivity contribution in [3.8, 4) is 17.0 Å². The molecule has 0 amide bonds. The summed E-state index contributed by atoms with van der Waals surface area (Å²) in [6.45, 7) is 3.84. The van der Waals surface area contributed by atoms with Gasteiger partial charge < -0.3 is 9.26 Å². The van der Waals surface area contributed by atoms with E-state index in [2.05, 4.69) is 5.16 Å². The van der Waals surface area contributed by atoms with E-state index in [4.69, 9.17) is 9.26 Å². The Morgan fingerprint density at radius 3 is 2.43 bits per heavy atom. The summed E-state index contributed by atoms with van der Waals surface area (Å²) in [4.78, 5) is 10.7. The minimum absolute atomic E-state index is 0.0591. The van der Waals surface area contributed by atoms with Gasteiger partial charge in [0.1, 0.15) is 12.3 Å². The maximum atomic E-state index is 12.6. The van der Waals surface area contributed by atoms with E-state index in [1.165, 1.54) is 16.4 Å². The van der Waals surface area contributed by atoms with Crippen molar-refractivity contribution >= 4 is 15.7 Å². The van der Waals surface area contributed by atoms with Gasteiger partial charge in [-0.2, -0.15) is 4.31 Å². The molecule has 1 heterocycles. The molecular formula is C20H21N3O6S. The molecule has 0 aliphatic carbocycles. The van der Waals surface area contributed by atoms with E-state index in [0.29, 0.717) is 11.5 Å². The largest absolute Gasteiger partial charge is 0.479 e. The maximum Gasteiger partial charge on any atom is 0.312 e. The van der Waals surface area contributed by atoms with Gasteiger partial charge in [-0.15, -0.1) is 0 Å².